The van der Waals surface area contributed by atoms with Crippen molar-refractivity contribution in [3.8, 4) is 0 Å². The summed E-state index contributed by atoms with van der Waals surface area (Å²) >= 11 is 6.03. The van der Waals surface area contributed by atoms with Crippen molar-refractivity contribution in [1.29, 1.82) is 0 Å². The Morgan fingerprint density at radius 2 is 1.67 bits per heavy atom. The molecule has 3 rings (SSSR count). The minimum Gasteiger partial charge on any atom is -0.381 e. The Kier molecular flexibility index (Phi) is 6.14. The topological polar surface area (TPSA) is 67.4 Å². The molecule has 1 aliphatic heterocycles. The van der Waals surface area contributed by atoms with Crippen molar-refractivity contribution in [3.63, 3.8) is 0 Å². The third kappa shape index (κ3) is 4.87. The number of rotatable bonds is 5. The van der Waals surface area contributed by atoms with E-state index in [1.165, 1.54) is 6.92 Å². The van der Waals surface area contributed by atoms with Crippen LogP contribution in [0, 0.1) is 0 Å². The summed E-state index contributed by atoms with van der Waals surface area (Å²) in [6.07, 6.45) is 1.69. The molecule has 0 atom stereocenters. The predicted molar refractivity (Wildman–Crippen MR) is 106 cm³/mol. The van der Waals surface area contributed by atoms with E-state index < -0.39 is 0 Å². The van der Waals surface area contributed by atoms with Gasteiger partial charge in [0, 0.05) is 48.4 Å². The second kappa shape index (κ2) is 8.55. The molecule has 0 radical (unpaired) electrons. The van der Waals surface area contributed by atoms with E-state index in [2.05, 4.69) is 10.6 Å². The lowest BCUT2D eigenvalue weighted by molar-refractivity contribution is -0.114. The fourth-order valence-electron chi connectivity index (χ4n) is 3.39. The van der Waals surface area contributed by atoms with Crippen LogP contribution in [0.5, 0.6) is 0 Å². The van der Waals surface area contributed by atoms with E-state index >= 15 is 0 Å². The average molecular weight is 387 g/mol. The van der Waals surface area contributed by atoms with Crippen LogP contribution in [0.25, 0.3) is 0 Å². The molecule has 27 heavy (non-hydrogen) atoms. The number of carbonyl (C=O) groups is 2. The molecule has 0 saturated carbocycles. The molecule has 0 aliphatic carbocycles. The molecule has 5 nitrogen and oxygen atoms in total. The van der Waals surface area contributed by atoms with E-state index in [1.54, 1.807) is 24.3 Å². The molecule has 1 aliphatic rings. The van der Waals surface area contributed by atoms with Crippen molar-refractivity contribution in [2.45, 2.75) is 25.2 Å². The van der Waals surface area contributed by atoms with E-state index in [1.807, 2.05) is 24.3 Å². The van der Waals surface area contributed by atoms with Crippen molar-refractivity contribution in [2.75, 3.05) is 25.1 Å². The number of ether oxygens (including phenoxy) is 1. The van der Waals surface area contributed by atoms with Crippen LogP contribution in [0.3, 0.4) is 0 Å². The number of hydrogen-bond donors (Lipinski definition) is 2. The number of amides is 2. The summed E-state index contributed by atoms with van der Waals surface area (Å²) in [6, 6.07) is 14.7. The van der Waals surface area contributed by atoms with Gasteiger partial charge in [-0.05, 0) is 54.8 Å². The van der Waals surface area contributed by atoms with Gasteiger partial charge in [0.15, 0.2) is 0 Å². The second-order valence-corrected chi connectivity index (χ2v) is 7.28. The number of halogens is 1. The van der Waals surface area contributed by atoms with Gasteiger partial charge < -0.3 is 15.4 Å². The highest BCUT2D eigenvalue weighted by Crippen LogP contribution is 2.35. The highest BCUT2D eigenvalue weighted by Gasteiger charge is 2.34. The number of nitrogens with one attached hydrogen (secondary N) is 2. The zero-order chi connectivity index (χ0) is 19.3. The molecule has 1 saturated heterocycles. The van der Waals surface area contributed by atoms with Crippen LogP contribution in [0.1, 0.15) is 35.7 Å². The molecule has 2 aromatic carbocycles. The second-order valence-electron chi connectivity index (χ2n) is 6.84. The Balaban J connectivity index is 1.70. The molecule has 1 fully saturated rings. The molecule has 0 spiro atoms. The lowest BCUT2D eigenvalue weighted by Crippen LogP contribution is -2.44. The zero-order valence-corrected chi connectivity index (χ0v) is 16.0. The lowest BCUT2D eigenvalue weighted by Gasteiger charge is -2.38. The molecule has 0 unspecified atom stereocenters. The lowest BCUT2D eigenvalue weighted by atomic mass is 9.74. The van der Waals surface area contributed by atoms with Gasteiger partial charge in [0.1, 0.15) is 0 Å². The van der Waals surface area contributed by atoms with Crippen molar-refractivity contribution in [3.05, 3.63) is 64.7 Å². The largest absolute Gasteiger partial charge is 0.381 e. The number of anilines is 1. The van der Waals surface area contributed by atoms with Gasteiger partial charge in [-0.1, -0.05) is 23.7 Å². The SMILES string of the molecule is CC(=O)Nc1ccc(C(=O)NCC2(c3ccc(Cl)cc3)CCOCC2)cc1. The molecule has 2 aromatic rings. The van der Waals surface area contributed by atoms with Crippen LogP contribution in [-0.4, -0.2) is 31.6 Å². The maximum atomic E-state index is 12.6. The summed E-state index contributed by atoms with van der Waals surface area (Å²) in [5, 5.41) is 6.46. The molecule has 0 bridgehead atoms. The Morgan fingerprint density at radius 3 is 2.26 bits per heavy atom. The average Bonchev–Trinajstić information content (AvgIpc) is 2.67. The van der Waals surface area contributed by atoms with Crippen LogP contribution >= 0.6 is 11.6 Å². The Hall–Kier alpha value is -2.37. The van der Waals surface area contributed by atoms with E-state index in [4.69, 9.17) is 16.3 Å². The van der Waals surface area contributed by atoms with Gasteiger partial charge in [0.2, 0.25) is 5.91 Å². The first kappa shape index (κ1) is 19.4. The molecule has 6 heteroatoms. The van der Waals surface area contributed by atoms with E-state index in [-0.39, 0.29) is 17.2 Å². The van der Waals surface area contributed by atoms with Gasteiger partial charge >= 0.3 is 0 Å². The first-order valence-electron chi connectivity index (χ1n) is 8.98. The Morgan fingerprint density at radius 1 is 1.04 bits per heavy atom. The summed E-state index contributed by atoms with van der Waals surface area (Å²) in [4.78, 5) is 23.7. The number of benzene rings is 2. The van der Waals surface area contributed by atoms with Crippen LogP contribution in [-0.2, 0) is 14.9 Å². The summed E-state index contributed by atoms with van der Waals surface area (Å²) in [6.45, 7) is 3.32. The molecule has 0 aromatic heterocycles. The summed E-state index contributed by atoms with van der Waals surface area (Å²) < 4.78 is 5.53. The fraction of sp³-hybridized carbons (Fsp3) is 0.333. The minimum atomic E-state index is -0.158. The molecular weight excluding hydrogens is 364 g/mol. The highest BCUT2D eigenvalue weighted by atomic mass is 35.5. The Labute approximate surface area is 164 Å². The molecule has 2 amide bonds. The summed E-state index contributed by atoms with van der Waals surface area (Å²) in [7, 11) is 0. The van der Waals surface area contributed by atoms with Gasteiger partial charge in [-0.2, -0.15) is 0 Å². The molecule has 1 heterocycles. The van der Waals surface area contributed by atoms with Crippen LogP contribution in [0.2, 0.25) is 5.02 Å². The van der Waals surface area contributed by atoms with Crippen molar-refractivity contribution >= 4 is 29.1 Å². The van der Waals surface area contributed by atoms with Crippen molar-refractivity contribution < 1.29 is 14.3 Å². The maximum absolute atomic E-state index is 12.6. The van der Waals surface area contributed by atoms with Crippen LogP contribution in [0.15, 0.2) is 48.5 Å². The van der Waals surface area contributed by atoms with E-state index in [9.17, 15) is 9.59 Å². The zero-order valence-electron chi connectivity index (χ0n) is 15.3. The molecule has 142 valence electrons. The monoisotopic (exact) mass is 386 g/mol. The smallest absolute Gasteiger partial charge is 0.251 e. The predicted octanol–water partition coefficient (Wildman–Crippen LogP) is 3.78. The standard InChI is InChI=1S/C21H23ClN2O3/c1-15(25)24-19-8-2-16(3-9-19)20(26)23-14-21(10-12-27-13-11-21)17-4-6-18(22)7-5-17/h2-9H,10-14H2,1H3,(H,23,26)(H,24,25). The third-order valence-electron chi connectivity index (χ3n) is 4.96. The third-order valence-corrected chi connectivity index (χ3v) is 5.21. The summed E-state index contributed by atoms with van der Waals surface area (Å²) in [5.41, 5.74) is 2.23. The highest BCUT2D eigenvalue weighted by molar-refractivity contribution is 6.30. The van der Waals surface area contributed by atoms with Gasteiger partial charge in [0.25, 0.3) is 5.91 Å². The summed E-state index contributed by atoms with van der Waals surface area (Å²) in [5.74, 6) is -0.277. The first-order valence-corrected chi connectivity index (χ1v) is 9.36. The van der Waals surface area contributed by atoms with Crippen LogP contribution in [0.4, 0.5) is 5.69 Å². The molecule has 2 N–H and O–H groups in total. The van der Waals surface area contributed by atoms with Gasteiger partial charge in [-0.15, -0.1) is 0 Å². The fourth-order valence-corrected chi connectivity index (χ4v) is 3.52. The molecular formula is C21H23ClN2O3. The Bertz CT molecular complexity index is 797. The van der Waals surface area contributed by atoms with Crippen LogP contribution < -0.4 is 10.6 Å². The minimum absolute atomic E-state index is 0.135. The quantitative estimate of drug-likeness (QED) is 0.821. The number of hydrogen-bond acceptors (Lipinski definition) is 3. The van der Waals surface area contributed by atoms with Gasteiger partial charge in [0.05, 0.1) is 0 Å². The maximum Gasteiger partial charge on any atom is 0.251 e. The number of carbonyl (C=O) groups excluding carboxylic acids is 2. The van der Waals surface area contributed by atoms with Crippen molar-refractivity contribution in [1.82, 2.24) is 5.32 Å². The van der Waals surface area contributed by atoms with Gasteiger partial charge in [-0.3, -0.25) is 9.59 Å². The first-order chi connectivity index (χ1) is 13.0. The van der Waals surface area contributed by atoms with E-state index in [0.717, 1.165) is 18.4 Å². The van der Waals surface area contributed by atoms with E-state index in [0.29, 0.717) is 36.0 Å². The van der Waals surface area contributed by atoms with Gasteiger partial charge in [-0.25, -0.2) is 0 Å². The van der Waals surface area contributed by atoms with Crippen molar-refractivity contribution in [2.24, 2.45) is 0 Å². The normalized spacial score (nSPS) is 15.8.